The van der Waals surface area contributed by atoms with Crippen molar-refractivity contribution in [3.63, 3.8) is 0 Å². The predicted octanol–water partition coefficient (Wildman–Crippen LogP) is 5.35. The van der Waals surface area contributed by atoms with E-state index in [4.69, 9.17) is 11.6 Å². The molecule has 130 valence electrons. The third-order valence-corrected chi connectivity index (χ3v) is 4.84. The topological polar surface area (TPSA) is 66.5 Å². The summed E-state index contributed by atoms with van der Waals surface area (Å²) < 4.78 is 0. The number of rotatable bonds is 5. The van der Waals surface area contributed by atoms with Crippen LogP contribution in [0.4, 0.5) is 11.5 Å². The summed E-state index contributed by atoms with van der Waals surface area (Å²) in [6.07, 6.45) is 0. The fourth-order valence-corrected chi connectivity index (χ4v) is 3.46. The third-order valence-electron chi connectivity index (χ3n) is 3.73. The molecule has 4 aromatic rings. The Morgan fingerprint density at radius 2 is 1.85 bits per heavy atom. The van der Waals surface area contributed by atoms with Crippen LogP contribution in [0.5, 0.6) is 0 Å². The molecule has 2 N–H and O–H groups in total. The maximum Gasteiger partial charge on any atom is 0.190 e. The molecule has 0 unspecified atom stereocenters. The van der Waals surface area contributed by atoms with E-state index in [1.54, 1.807) is 11.8 Å². The summed E-state index contributed by atoms with van der Waals surface area (Å²) in [5, 5.41) is 4.70. The zero-order chi connectivity index (χ0) is 17.9. The van der Waals surface area contributed by atoms with Crippen LogP contribution in [0.15, 0.2) is 59.8 Å². The number of benzene rings is 2. The van der Waals surface area contributed by atoms with Crippen molar-refractivity contribution in [3.05, 3.63) is 71.1 Å². The van der Waals surface area contributed by atoms with Gasteiger partial charge in [0.15, 0.2) is 5.16 Å². The van der Waals surface area contributed by atoms with Crippen molar-refractivity contribution in [2.45, 2.75) is 17.8 Å². The molecule has 2 aromatic heterocycles. The number of H-pyrrole nitrogens is 1. The van der Waals surface area contributed by atoms with Crippen LogP contribution in [-0.2, 0) is 5.75 Å². The smallest absolute Gasteiger partial charge is 0.190 e. The number of aromatic amines is 1. The number of nitrogens with one attached hydrogen (secondary N) is 2. The molecule has 0 radical (unpaired) electrons. The van der Waals surface area contributed by atoms with Gasteiger partial charge in [0.25, 0.3) is 0 Å². The van der Waals surface area contributed by atoms with Gasteiger partial charge in [0.2, 0.25) is 0 Å². The fraction of sp³-hybridized carbons (Fsp3) is 0.105. The van der Waals surface area contributed by atoms with E-state index < -0.39 is 0 Å². The van der Waals surface area contributed by atoms with Gasteiger partial charge in [-0.05, 0) is 43.3 Å². The van der Waals surface area contributed by atoms with Crippen molar-refractivity contribution in [2.24, 2.45) is 0 Å². The Hall–Kier alpha value is -2.57. The van der Waals surface area contributed by atoms with Crippen LogP contribution < -0.4 is 5.32 Å². The molecule has 0 bridgehead atoms. The number of aryl methyl sites for hydroxylation is 1. The number of anilines is 2. The minimum absolute atomic E-state index is 0.679. The molecule has 4 rings (SSSR count). The van der Waals surface area contributed by atoms with E-state index in [1.807, 2.05) is 61.5 Å². The number of nitrogens with zero attached hydrogens (tertiary/aromatic N) is 3. The van der Waals surface area contributed by atoms with Gasteiger partial charge in [-0.3, -0.25) is 0 Å². The molecule has 0 spiro atoms. The molecule has 0 aliphatic heterocycles. The monoisotopic (exact) mass is 381 g/mol. The Balaban J connectivity index is 1.49. The minimum atomic E-state index is 0.679. The quantitative estimate of drug-likeness (QED) is 0.360. The Labute approximate surface area is 160 Å². The van der Waals surface area contributed by atoms with Crippen LogP contribution >= 0.6 is 23.4 Å². The standard InChI is InChI=1S/C19H16ClN5S/c1-12-10-17(22-14-8-6-13(20)7-9-14)25-19(21-12)26-11-18-23-15-4-2-3-5-16(15)24-18/h2-10H,11H2,1H3,(H,23,24)(H,21,22,25). The molecule has 0 atom stereocenters. The average molecular weight is 382 g/mol. The third kappa shape index (κ3) is 3.98. The van der Waals surface area contributed by atoms with Crippen LogP contribution in [0.2, 0.25) is 5.02 Å². The summed E-state index contributed by atoms with van der Waals surface area (Å²) in [5.74, 6) is 2.35. The molecule has 2 aromatic carbocycles. The van der Waals surface area contributed by atoms with Crippen LogP contribution in [0, 0.1) is 6.92 Å². The second-order valence-corrected chi connectivity index (χ2v) is 7.18. The first-order valence-electron chi connectivity index (χ1n) is 8.10. The number of hydrogen-bond donors (Lipinski definition) is 2. The van der Waals surface area contributed by atoms with E-state index >= 15 is 0 Å². The van der Waals surface area contributed by atoms with Gasteiger partial charge in [-0.1, -0.05) is 35.5 Å². The molecular formula is C19H16ClN5S. The molecule has 0 saturated heterocycles. The van der Waals surface area contributed by atoms with Crippen molar-refractivity contribution >= 4 is 45.9 Å². The van der Waals surface area contributed by atoms with Crippen molar-refractivity contribution in [3.8, 4) is 0 Å². The molecule has 0 aliphatic rings. The van der Waals surface area contributed by atoms with E-state index in [-0.39, 0.29) is 0 Å². The highest BCUT2D eigenvalue weighted by Crippen LogP contribution is 2.23. The van der Waals surface area contributed by atoms with Gasteiger partial charge < -0.3 is 10.3 Å². The second kappa shape index (κ2) is 7.35. The molecule has 0 saturated carbocycles. The summed E-state index contributed by atoms with van der Waals surface area (Å²) in [5.41, 5.74) is 3.85. The van der Waals surface area contributed by atoms with Gasteiger partial charge in [-0.2, -0.15) is 0 Å². The van der Waals surface area contributed by atoms with E-state index in [0.29, 0.717) is 15.9 Å². The molecule has 7 heteroatoms. The number of aromatic nitrogens is 4. The van der Waals surface area contributed by atoms with Crippen LogP contribution in [0.1, 0.15) is 11.5 Å². The fourth-order valence-electron chi connectivity index (χ4n) is 2.56. The first-order valence-corrected chi connectivity index (χ1v) is 9.47. The largest absolute Gasteiger partial charge is 0.341 e. The number of para-hydroxylation sites is 2. The van der Waals surface area contributed by atoms with E-state index in [1.165, 1.54) is 0 Å². The van der Waals surface area contributed by atoms with E-state index in [0.717, 1.165) is 34.1 Å². The van der Waals surface area contributed by atoms with Crippen molar-refractivity contribution in [1.29, 1.82) is 0 Å². The van der Waals surface area contributed by atoms with Crippen LogP contribution in [-0.4, -0.2) is 19.9 Å². The summed E-state index contributed by atoms with van der Waals surface area (Å²) >= 11 is 7.48. The predicted molar refractivity (Wildman–Crippen MR) is 107 cm³/mol. The zero-order valence-corrected chi connectivity index (χ0v) is 15.6. The van der Waals surface area contributed by atoms with Gasteiger partial charge in [0.05, 0.1) is 16.8 Å². The van der Waals surface area contributed by atoms with Gasteiger partial charge in [0, 0.05) is 22.5 Å². The SMILES string of the molecule is Cc1cc(Nc2ccc(Cl)cc2)nc(SCc2nc3ccccc3[nH]2)n1. The maximum absolute atomic E-state index is 5.93. The Morgan fingerprint density at radius 1 is 1.04 bits per heavy atom. The van der Waals surface area contributed by atoms with Gasteiger partial charge >= 0.3 is 0 Å². The molecule has 2 heterocycles. The second-order valence-electron chi connectivity index (χ2n) is 5.80. The summed E-state index contributed by atoms with van der Waals surface area (Å²) in [6.45, 7) is 1.96. The van der Waals surface area contributed by atoms with Crippen molar-refractivity contribution in [2.75, 3.05) is 5.32 Å². The number of fused-ring (bicyclic) bond motifs is 1. The highest BCUT2D eigenvalue weighted by atomic mass is 35.5. The van der Waals surface area contributed by atoms with E-state index in [2.05, 4.69) is 25.3 Å². The highest BCUT2D eigenvalue weighted by molar-refractivity contribution is 7.98. The maximum atomic E-state index is 5.93. The van der Waals surface area contributed by atoms with Crippen LogP contribution in [0.3, 0.4) is 0 Å². The van der Waals surface area contributed by atoms with Crippen molar-refractivity contribution in [1.82, 2.24) is 19.9 Å². The normalized spacial score (nSPS) is 11.0. The number of halogens is 1. The first-order chi connectivity index (χ1) is 12.7. The van der Waals surface area contributed by atoms with Gasteiger partial charge in [-0.25, -0.2) is 15.0 Å². The molecule has 0 fully saturated rings. The Bertz CT molecular complexity index is 1010. The van der Waals surface area contributed by atoms with Crippen molar-refractivity contribution < 1.29 is 0 Å². The average Bonchev–Trinajstić information content (AvgIpc) is 3.04. The molecule has 0 aliphatic carbocycles. The van der Waals surface area contributed by atoms with Gasteiger partial charge in [-0.15, -0.1) is 0 Å². The van der Waals surface area contributed by atoms with Gasteiger partial charge in [0.1, 0.15) is 11.6 Å². The summed E-state index contributed by atoms with van der Waals surface area (Å²) in [6, 6.07) is 17.4. The lowest BCUT2D eigenvalue weighted by Crippen LogP contribution is -1.98. The number of hydrogen-bond acceptors (Lipinski definition) is 5. The Kier molecular flexibility index (Phi) is 4.77. The summed E-state index contributed by atoms with van der Waals surface area (Å²) in [7, 11) is 0. The number of thioether (sulfide) groups is 1. The summed E-state index contributed by atoms with van der Waals surface area (Å²) in [4.78, 5) is 17.0. The minimum Gasteiger partial charge on any atom is -0.341 e. The lowest BCUT2D eigenvalue weighted by molar-refractivity contribution is 0.935. The molecule has 5 nitrogen and oxygen atoms in total. The van der Waals surface area contributed by atoms with E-state index in [9.17, 15) is 0 Å². The Morgan fingerprint density at radius 3 is 2.65 bits per heavy atom. The number of imidazole rings is 1. The zero-order valence-electron chi connectivity index (χ0n) is 14.0. The highest BCUT2D eigenvalue weighted by Gasteiger charge is 2.07. The molecule has 26 heavy (non-hydrogen) atoms. The molecule has 0 amide bonds. The molecular weight excluding hydrogens is 366 g/mol. The lowest BCUT2D eigenvalue weighted by atomic mass is 10.3. The van der Waals surface area contributed by atoms with Crippen LogP contribution in [0.25, 0.3) is 11.0 Å². The lowest BCUT2D eigenvalue weighted by Gasteiger charge is -2.08. The first kappa shape index (κ1) is 16.9.